The lowest BCUT2D eigenvalue weighted by atomic mass is 10.2. The number of aliphatic imine (C=N–C) groups is 1. The first-order chi connectivity index (χ1) is 11.1. The van der Waals surface area contributed by atoms with Crippen molar-refractivity contribution >= 4 is 47.2 Å². The maximum Gasteiger partial charge on any atom is 0.363 e. The Bertz CT molecular complexity index is 836. The van der Waals surface area contributed by atoms with Crippen molar-refractivity contribution in [3.05, 3.63) is 81.5 Å². The summed E-state index contributed by atoms with van der Waals surface area (Å²) in [5.74, 6) is -0.260. The van der Waals surface area contributed by atoms with E-state index < -0.39 is 5.97 Å². The highest BCUT2D eigenvalue weighted by Gasteiger charge is 2.21. The second-order valence-electron chi connectivity index (χ2n) is 4.78. The van der Waals surface area contributed by atoms with E-state index in [1.807, 2.05) is 24.3 Å². The van der Waals surface area contributed by atoms with Crippen molar-refractivity contribution in [2.75, 3.05) is 0 Å². The molecule has 5 heteroatoms. The van der Waals surface area contributed by atoms with E-state index in [2.05, 4.69) is 4.99 Å². The molecule has 23 heavy (non-hydrogen) atoms. The predicted octanol–water partition coefficient (Wildman–Crippen LogP) is 5.00. The van der Waals surface area contributed by atoms with E-state index in [1.165, 1.54) is 0 Å². The van der Waals surface area contributed by atoms with Crippen molar-refractivity contribution in [1.82, 2.24) is 0 Å². The normalized spacial score (nSPS) is 16.0. The van der Waals surface area contributed by atoms with Crippen LogP contribution >= 0.6 is 23.2 Å². The van der Waals surface area contributed by atoms with Crippen molar-refractivity contribution in [3.63, 3.8) is 0 Å². The zero-order valence-electron chi connectivity index (χ0n) is 11.9. The molecule has 0 saturated carbocycles. The summed E-state index contributed by atoms with van der Waals surface area (Å²) in [6.45, 7) is 0. The van der Waals surface area contributed by atoms with Gasteiger partial charge < -0.3 is 4.74 Å². The van der Waals surface area contributed by atoms with Gasteiger partial charge in [-0.1, -0.05) is 53.5 Å². The fourth-order valence-corrected chi connectivity index (χ4v) is 2.29. The molecule has 0 aliphatic carbocycles. The van der Waals surface area contributed by atoms with Gasteiger partial charge in [0.15, 0.2) is 5.70 Å². The Balaban J connectivity index is 1.81. The molecule has 0 bridgehead atoms. The SMILES string of the molecule is O=C1OC(C=Cc2ccc(Cl)cc2)=NC1=Cc1ccccc1Cl. The quantitative estimate of drug-likeness (QED) is 0.580. The number of hydrogen-bond donors (Lipinski definition) is 0. The van der Waals surface area contributed by atoms with Crippen molar-refractivity contribution in [2.45, 2.75) is 0 Å². The number of rotatable bonds is 3. The van der Waals surface area contributed by atoms with E-state index in [0.717, 1.165) is 5.56 Å². The molecule has 0 fully saturated rings. The number of nitrogens with zero attached hydrogens (tertiary/aromatic N) is 1. The third kappa shape index (κ3) is 3.89. The Labute approximate surface area is 143 Å². The Morgan fingerprint density at radius 3 is 2.43 bits per heavy atom. The van der Waals surface area contributed by atoms with E-state index >= 15 is 0 Å². The van der Waals surface area contributed by atoms with Gasteiger partial charge in [0, 0.05) is 16.1 Å². The maximum atomic E-state index is 11.9. The highest BCUT2D eigenvalue weighted by atomic mass is 35.5. The molecule has 0 unspecified atom stereocenters. The molecule has 1 heterocycles. The van der Waals surface area contributed by atoms with E-state index in [-0.39, 0.29) is 11.6 Å². The number of benzene rings is 2. The fourth-order valence-electron chi connectivity index (χ4n) is 1.98. The number of carbonyl (C=O) groups excluding carboxylic acids is 1. The summed E-state index contributed by atoms with van der Waals surface area (Å²) in [7, 11) is 0. The van der Waals surface area contributed by atoms with Gasteiger partial charge in [-0.2, -0.15) is 0 Å². The van der Waals surface area contributed by atoms with Crippen LogP contribution in [-0.4, -0.2) is 11.9 Å². The van der Waals surface area contributed by atoms with Crippen LogP contribution < -0.4 is 0 Å². The molecular formula is C18H11Cl2NO2. The summed E-state index contributed by atoms with van der Waals surface area (Å²) in [4.78, 5) is 16.0. The third-order valence-electron chi connectivity index (χ3n) is 3.12. The molecule has 114 valence electrons. The minimum absolute atomic E-state index is 0.217. The third-order valence-corrected chi connectivity index (χ3v) is 3.72. The van der Waals surface area contributed by atoms with Gasteiger partial charge in [0.05, 0.1) is 0 Å². The molecule has 3 rings (SSSR count). The van der Waals surface area contributed by atoms with Gasteiger partial charge in [-0.05, 0) is 41.5 Å². The van der Waals surface area contributed by atoms with Crippen LogP contribution in [-0.2, 0) is 9.53 Å². The van der Waals surface area contributed by atoms with Gasteiger partial charge in [-0.25, -0.2) is 9.79 Å². The van der Waals surface area contributed by atoms with Gasteiger partial charge in [-0.3, -0.25) is 0 Å². The van der Waals surface area contributed by atoms with E-state index in [9.17, 15) is 4.79 Å². The topological polar surface area (TPSA) is 38.7 Å². The number of halogens is 2. The molecule has 1 aliphatic rings. The average Bonchev–Trinajstić information content (AvgIpc) is 2.89. The Kier molecular flexibility index (Phi) is 4.60. The maximum absolute atomic E-state index is 11.9. The first kappa shape index (κ1) is 15.5. The van der Waals surface area contributed by atoms with Gasteiger partial charge in [0.2, 0.25) is 5.90 Å². The lowest BCUT2D eigenvalue weighted by Gasteiger charge is -1.96. The Hall–Kier alpha value is -2.36. The minimum Gasteiger partial charge on any atom is -0.403 e. The van der Waals surface area contributed by atoms with Crippen molar-refractivity contribution < 1.29 is 9.53 Å². The summed E-state index contributed by atoms with van der Waals surface area (Å²) in [5.41, 5.74) is 1.86. The molecule has 0 spiro atoms. The molecule has 0 atom stereocenters. The molecule has 0 aromatic heterocycles. The molecule has 0 saturated heterocycles. The standard InChI is InChI=1S/C18H11Cl2NO2/c19-14-8-5-12(6-9-14)7-10-17-21-16(18(22)23-17)11-13-3-1-2-4-15(13)20/h1-11H. The van der Waals surface area contributed by atoms with E-state index in [0.29, 0.717) is 15.6 Å². The Morgan fingerprint density at radius 2 is 1.70 bits per heavy atom. The number of cyclic esters (lactones) is 1. The number of hydrogen-bond acceptors (Lipinski definition) is 3. The molecular weight excluding hydrogens is 333 g/mol. The van der Waals surface area contributed by atoms with E-state index in [4.69, 9.17) is 27.9 Å². The van der Waals surface area contributed by atoms with Gasteiger partial charge in [0.25, 0.3) is 0 Å². The van der Waals surface area contributed by atoms with Crippen LogP contribution in [0, 0.1) is 0 Å². The highest BCUT2D eigenvalue weighted by molar-refractivity contribution is 6.32. The van der Waals surface area contributed by atoms with Crippen molar-refractivity contribution in [3.8, 4) is 0 Å². The van der Waals surface area contributed by atoms with Gasteiger partial charge >= 0.3 is 5.97 Å². The zero-order chi connectivity index (χ0) is 16.2. The number of carbonyl (C=O) groups is 1. The molecule has 0 radical (unpaired) electrons. The predicted molar refractivity (Wildman–Crippen MR) is 93.4 cm³/mol. The number of ether oxygens (including phenoxy) is 1. The van der Waals surface area contributed by atoms with Gasteiger partial charge in [0.1, 0.15) is 0 Å². The lowest BCUT2D eigenvalue weighted by molar-refractivity contribution is -0.129. The van der Waals surface area contributed by atoms with Gasteiger partial charge in [-0.15, -0.1) is 0 Å². The van der Waals surface area contributed by atoms with Crippen LogP contribution in [0.2, 0.25) is 10.0 Å². The van der Waals surface area contributed by atoms with Crippen molar-refractivity contribution in [2.24, 2.45) is 4.99 Å². The van der Waals surface area contributed by atoms with Crippen LogP contribution in [0.5, 0.6) is 0 Å². The summed E-state index contributed by atoms with van der Waals surface area (Å²) in [6, 6.07) is 14.5. The first-order valence-electron chi connectivity index (χ1n) is 6.82. The monoisotopic (exact) mass is 343 g/mol. The summed E-state index contributed by atoms with van der Waals surface area (Å²) in [5, 5.41) is 1.21. The minimum atomic E-state index is -0.499. The molecule has 0 N–H and O–H groups in total. The van der Waals surface area contributed by atoms with Crippen LogP contribution in [0.3, 0.4) is 0 Å². The first-order valence-corrected chi connectivity index (χ1v) is 7.58. The average molecular weight is 344 g/mol. The van der Waals surface area contributed by atoms with Crippen molar-refractivity contribution in [1.29, 1.82) is 0 Å². The van der Waals surface area contributed by atoms with Crippen LogP contribution in [0.25, 0.3) is 12.2 Å². The molecule has 2 aromatic carbocycles. The summed E-state index contributed by atoms with van der Waals surface area (Å²) >= 11 is 11.9. The molecule has 1 aliphatic heterocycles. The van der Waals surface area contributed by atoms with Crippen LogP contribution in [0.1, 0.15) is 11.1 Å². The summed E-state index contributed by atoms with van der Waals surface area (Å²) in [6.07, 6.45) is 5.03. The molecule has 2 aromatic rings. The van der Waals surface area contributed by atoms with Crippen LogP contribution in [0.15, 0.2) is 65.3 Å². The lowest BCUT2D eigenvalue weighted by Crippen LogP contribution is -2.01. The fraction of sp³-hybridized carbons (Fsp3) is 0. The zero-order valence-corrected chi connectivity index (χ0v) is 13.4. The molecule has 0 amide bonds. The Morgan fingerprint density at radius 1 is 0.957 bits per heavy atom. The second-order valence-corrected chi connectivity index (χ2v) is 5.62. The van der Waals surface area contributed by atoms with Crippen LogP contribution in [0.4, 0.5) is 0 Å². The second kappa shape index (κ2) is 6.82. The summed E-state index contributed by atoms with van der Waals surface area (Å²) < 4.78 is 5.12. The smallest absolute Gasteiger partial charge is 0.363 e. The molecule has 3 nitrogen and oxygen atoms in total. The largest absolute Gasteiger partial charge is 0.403 e. The highest BCUT2D eigenvalue weighted by Crippen LogP contribution is 2.22. The number of esters is 1. The van der Waals surface area contributed by atoms with E-state index in [1.54, 1.807) is 42.5 Å².